The summed E-state index contributed by atoms with van der Waals surface area (Å²) in [6, 6.07) is 16.1. The second-order valence-electron chi connectivity index (χ2n) is 18.0. The van der Waals surface area contributed by atoms with Crippen molar-refractivity contribution < 1.29 is 61.3 Å². The summed E-state index contributed by atoms with van der Waals surface area (Å²) < 4.78 is 139. The number of benzene rings is 3. The molecule has 364 valence electrons. The minimum absolute atomic E-state index is 0.0326. The molecule has 16 nitrogen and oxygen atoms in total. The molecule has 0 spiro atoms. The molecule has 6 rings (SSSR count). The van der Waals surface area contributed by atoms with Gasteiger partial charge in [-0.2, -0.15) is 29.8 Å². The van der Waals surface area contributed by atoms with Crippen molar-refractivity contribution in [1.29, 1.82) is 0 Å². The largest absolute Gasteiger partial charge is 0.744 e. The van der Waals surface area contributed by atoms with E-state index in [0.29, 0.717) is 59.6 Å². The normalized spacial score (nSPS) is 18.4. The summed E-state index contributed by atoms with van der Waals surface area (Å²) in [7, 11) is -18.0. The zero-order chi connectivity index (χ0) is 50.0. The maximum absolute atomic E-state index is 12.3. The molecule has 2 aliphatic heterocycles. The molecule has 0 radical (unpaired) electrons. The van der Waals surface area contributed by atoms with Gasteiger partial charge >= 0.3 is 0 Å². The molecule has 68 heavy (non-hydrogen) atoms. The van der Waals surface area contributed by atoms with E-state index < -0.39 is 67.7 Å². The monoisotopic (exact) mass is 1010 g/mol. The summed E-state index contributed by atoms with van der Waals surface area (Å²) in [6.07, 6.45) is 15.8. The lowest BCUT2D eigenvalue weighted by Crippen LogP contribution is -2.28. The fraction of sp³-hybridized carbons (Fsp3) is 0.375. The summed E-state index contributed by atoms with van der Waals surface area (Å²) >= 11 is 0. The van der Waals surface area contributed by atoms with E-state index >= 15 is 0 Å². The maximum atomic E-state index is 12.3. The van der Waals surface area contributed by atoms with Crippen molar-refractivity contribution in [3.63, 3.8) is 0 Å². The van der Waals surface area contributed by atoms with Gasteiger partial charge in [-0.05, 0) is 116 Å². The van der Waals surface area contributed by atoms with Crippen molar-refractivity contribution in [2.45, 2.75) is 93.3 Å². The first-order valence-electron chi connectivity index (χ1n) is 21.8. The second-order valence-corrected chi connectivity index (χ2v) is 24.0. The number of fused-ring (bicyclic) bond motifs is 2. The van der Waals surface area contributed by atoms with Gasteiger partial charge < -0.3 is 14.8 Å². The van der Waals surface area contributed by atoms with E-state index in [0.717, 1.165) is 27.8 Å². The number of nitrogens with zero attached hydrogens (tertiary/aromatic N) is 2. The van der Waals surface area contributed by atoms with Crippen LogP contribution in [0.15, 0.2) is 112 Å². The number of nitrogens with one attached hydrogen (secondary N) is 1. The van der Waals surface area contributed by atoms with Crippen LogP contribution in [0.4, 0.5) is 11.4 Å². The van der Waals surface area contributed by atoms with E-state index in [1.165, 1.54) is 30.3 Å². The molecule has 3 aromatic carbocycles. The molecule has 0 saturated carbocycles. The first-order valence-corrected chi connectivity index (χ1v) is 27.9. The lowest BCUT2D eigenvalue weighted by molar-refractivity contribution is -0.437. The van der Waals surface area contributed by atoms with Gasteiger partial charge in [-0.3, -0.25) is 18.5 Å². The molecule has 0 saturated heterocycles. The number of rotatable bonds is 18. The summed E-state index contributed by atoms with van der Waals surface area (Å²) in [6.45, 7) is 7.93. The molecule has 0 bridgehead atoms. The third-order valence-corrected chi connectivity index (χ3v) is 15.9. The molecule has 3 aromatic rings. The Hall–Kier alpha value is -5.24. The molecule has 3 aliphatic rings. The predicted octanol–water partition coefficient (Wildman–Crippen LogP) is 6.25. The lowest BCUT2D eigenvalue weighted by Gasteiger charge is -2.27. The molecule has 0 unspecified atom stereocenters. The summed E-state index contributed by atoms with van der Waals surface area (Å²) in [5.74, 6) is 1.17. The van der Waals surface area contributed by atoms with Crippen LogP contribution < -0.4 is 10.2 Å². The van der Waals surface area contributed by atoms with E-state index in [-0.39, 0.29) is 49.7 Å². The Labute approximate surface area is 399 Å². The van der Waals surface area contributed by atoms with Crippen LogP contribution in [0.3, 0.4) is 0 Å². The van der Waals surface area contributed by atoms with Gasteiger partial charge in [-0.1, -0.05) is 56.2 Å². The molecule has 1 amide bonds. The SMILES string of the molecule is C#CCNC(=O)CCc1ccc(C2=C(/C=C/C3=[N+](CCCS(=O)(=O)O)c4ccc(S(=O)(=O)[O-])cc4C3(C)C)CCC/C2=C\C=C2\N(CCCS(=O)(=O)O)c3ccc(S(=O)(=O)O)cc3C2(C)C)cc1. The Morgan fingerprint density at radius 1 is 0.824 bits per heavy atom. The highest BCUT2D eigenvalue weighted by Gasteiger charge is 2.45. The molecule has 1 aliphatic carbocycles. The minimum Gasteiger partial charge on any atom is -0.744 e. The molecular weight excluding hydrogens is 955 g/mol. The number of allylic oxidation sites excluding steroid dienone is 8. The Kier molecular flexibility index (Phi) is 15.3. The van der Waals surface area contributed by atoms with Gasteiger partial charge in [0.1, 0.15) is 16.7 Å². The topological polar surface area (TPSA) is 256 Å². The molecule has 20 heteroatoms. The number of amides is 1. The fourth-order valence-corrected chi connectivity index (χ4v) is 11.2. The van der Waals surface area contributed by atoms with Gasteiger partial charge in [0.05, 0.1) is 33.3 Å². The highest BCUT2D eigenvalue weighted by Crippen LogP contribution is 2.49. The number of carbonyl (C=O) groups is 1. The van der Waals surface area contributed by atoms with Gasteiger partial charge in [-0.15, -0.1) is 6.42 Å². The van der Waals surface area contributed by atoms with E-state index in [1.54, 1.807) is 6.07 Å². The van der Waals surface area contributed by atoms with E-state index in [2.05, 4.69) is 11.2 Å². The third kappa shape index (κ3) is 12.1. The third-order valence-electron chi connectivity index (χ3n) is 12.6. The average molecular weight is 1010 g/mol. The van der Waals surface area contributed by atoms with E-state index in [9.17, 15) is 56.7 Å². The van der Waals surface area contributed by atoms with Gasteiger partial charge in [-0.25, -0.2) is 8.42 Å². The highest BCUT2D eigenvalue weighted by molar-refractivity contribution is 7.86. The van der Waals surface area contributed by atoms with Crippen LogP contribution >= 0.6 is 0 Å². The average Bonchev–Trinajstić information content (AvgIpc) is 3.59. The summed E-state index contributed by atoms with van der Waals surface area (Å²) in [5, 5.41) is 2.67. The molecule has 2 heterocycles. The van der Waals surface area contributed by atoms with E-state index in [4.69, 9.17) is 6.42 Å². The Morgan fingerprint density at radius 2 is 1.47 bits per heavy atom. The zero-order valence-corrected chi connectivity index (χ0v) is 41.4. The van der Waals surface area contributed by atoms with Crippen LogP contribution in [0.1, 0.15) is 88.5 Å². The molecule has 0 aromatic heterocycles. The van der Waals surface area contributed by atoms with Crippen molar-refractivity contribution in [1.82, 2.24) is 5.32 Å². The zero-order valence-electron chi connectivity index (χ0n) is 38.1. The van der Waals surface area contributed by atoms with Gasteiger partial charge in [0.25, 0.3) is 30.4 Å². The quantitative estimate of drug-likeness (QED) is 0.0624. The number of hydrogen-bond donors (Lipinski definition) is 4. The standard InChI is InChI=1S/C48H55N3O13S4/c1-6-26-49-45(52)25-14-33-12-15-36(16-13-33)46-34(17-23-43-47(2,3)39-31-37(67(59,60)61)19-21-41(39)50(43)27-8-29-65(53,54)55)10-7-11-35(46)18-24-44-48(4,5)40-32-38(68(62,63)64)20-22-42(40)51(44)28-9-30-66(56,57)58/h1,12-13,15-24,31-32H,7-11,14,25-30H2,2-5H3,(H4-,49,52,53,54,55,56,57,58,59,60,61,62,63,64). The van der Waals surface area contributed by atoms with Crippen molar-refractivity contribution >= 4 is 69.0 Å². The molecule has 0 atom stereocenters. The number of anilines is 1. The highest BCUT2D eigenvalue weighted by atomic mass is 32.2. The van der Waals surface area contributed by atoms with Crippen LogP contribution in [0.25, 0.3) is 5.57 Å². The van der Waals surface area contributed by atoms with Gasteiger partial charge in [0.15, 0.2) is 5.71 Å². The van der Waals surface area contributed by atoms with Gasteiger partial charge in [0.2, 0.25) is 11.6 Å². The predicted molar refractivity (Wildman–Crippen MR) is 259 cm³/mol. The Morgan fingerprint density at radius 3 is 2.10 bits per heavy atom. The maximum Gasteiger partial charge on any atom is 0.294 e. The first kappa shape index (κ1) is 52.1. The number of terminal acetylenes is 1. The summed E-state index contributed by atoms with van der Waals surface area (Å²) in [4.78, 5) is 13.5. The number of carbonyl (C=O) groups excluding carboxylic acids is 1. The van der Waals surface area contributed by atoms with Gasteiger partial charge in [0, 0.05) is 53.9 Å². The number of aryl methyl sites for hydroxylation is 1. The Balaban J connectivity index is 1.50. The van der Waals surface area contributed by atoms with Crippen molar-refractivity contribution in [3.05, 3.63) is 124 Å². The van der Waals surface area contributed by atoms with Crippen molar-refractivity contribution in [2.75, 3.05) is 36.0 Å². The van der Waals surface area contributed by atoms with Crippen LogP contribution in [0.5, 0.6) is 0 Å². The second kappa shape index (κ2) is 20.0. The number of hydrogen-bond acceptors (Lipinski definition) is 11. The van der Waals surface area contributed by atoms with Crippen LogP contribution in [0, 0.1) is 12.3 Å². The summed E-state index contributed by atoms with van der Waals surface area (Å²) in [5.41, 5.74) is 6.42. The Bertz CT molecular complexity index is 3180. The van der Waals surface area contributed by atoms with Crippen LogP contribution in [-0.4, -0.2) is 99.2 Å². The van der Waals surface area contributed by atoms with E-state index in [1.807, 2.05) is 85.7 Å². The lowest BCUT2D eigenvalue weighted by atomic mass is 9.79. The smallest absolute Gasteiger partial charge is 0.294 e. The van der Waals surface area contributed by atoms with Crippen LogP contribution in [0.2, 0.25) is 0 Å². The molecule has 0 fully saturated rings. The molecule has 4 N–H and O–H groups in total. The minimum atomic E-state index is -4.82. The van der Waals surface area contributed by atoms with Crippen molar-refractivity contribution in [2.24, 2.45) is 0 Å². The van der Waals surface area contributed by atoms with Crippen LogP contribution in [-0.2, 0) is 62.5 Å². The first-order chi connectivity index (χ1) is 31.6. The fourth-order valence-electron chi connectivity index (χ4n) is 9.24. The van der Waals surface area contributed by atoms with Crippen molar-refractivity contribution in [3.8, 4) is 12.3 Å². The molecular formula is C48H55N3O13S4.